The largest absolute Gasteiger partial charge is 0.349 e. The molecule has 0 radical (unpaired) electrons. The predicted octanol–water partition coefficient (Wildman–Crippen LogP) is 4.30. The molecule has 0 aliphatic carbocycles. The number of rotatable bonds is 5. The van der Waals surface area contributed by atoms with Crippen molar-refractivity contribution in [3.8, 4) is 12.1 Å². The zero-order valence-corrected chi connectivity index (χ0v) is 16.7. The molecule has 0 aliphatic heterocycles. The third kappa shape index (κ3) is 4.05. The first-order valence-electron chi connectivity index (χ1n) is 9.44. The van der Waals surface area contributed by atoms with Crippen molar-refractivity contribution >= 4 is 22.9 Å². The van der Waals surface area contributed by atoms with Gasteiger partial charge in [0.2, 0.25) is 0 Å². The number of carbonyl (C=O) groups is 1. The first-order chi connectivity index (χ1) is 14.0. The second-order valence-corrected chi connectivity index (χ2v) is 7.17. The molecule has 3 rings (SSSR count). The highest BCUT2D eigenvalue weighted by Gasteiger charge is 2.17. The molecule has 0 spiro atoms. The quantitative estimate of drug-likeness (QED) is 0.527. The molecule has 0 unspecified atom stereocenters. The third-order valence-corrected chi connectivity index (χ3v) is 4.82. The van der Waals surface area contributed by atoms with Crippen molar-refractivity contribution in [2.75, 3.05) is 0 Å². The maximum atomic E-state index is 12.4. The number of amides is 1. The Morgan fingerprint density at radius 3 is 2.52 bits per heavy atom. The van der Waals surface area contributed by atoms with Crippen LogP contribution in [0.4, 0.5) is 0 Å². The highest BCUT2D eigenvalue weighted by molar-refractivity contribution is 6.04. The van der Waals surface area contributed by atoms with Crippen molar-refractivity contribution in [2.24, 2.45) is 0 Å². The Labute approximate surface area is 170 Å². The molecular formula is C24H22N4O. The van der Waals surface area contributed by atoms with Crippen LogP contribution in [0.3, 0.4) is 0 Å². The van der Waals surface area contributed by atoms with E-state index in [-0.39, 0.29) is 17.5 Å². The molecular weight excluding hydrogens is 360 g/mol. The van der Waals surface area contributed by atoms with Crippen LogP contribution in [-0.4, -0.2) is 16.5 Å². The summed E-state index contributed by atoms with van der Waals surface area (Å²) in [5.41, 5.74) is 4.39. The fourth-order valence-electron chi connectivity index (χ4n) is 3.41. The lowest BCUT2D eigenvalue weighted by Gasteiger charge is -2.10. The van der Waals surface area contributed by atoms with E-state index in [9.17, 15) is 15.3 Å². The monoisotopic (exact) mass is 382 g/mol. The van der Waals surface area contributed by atoms with Crippen LogP contribution < -0.4 is 5.32 Å². The van der Waals surface area contributed by atoms with Gasteiger partial charge in [-0.1, -0.05) is 36.4 Å². The molecule has 1 aromatic heterocycles. The predicted molar refractivity (Wildman–Crippen MR) is 114 cm³/mol. The lowest BCUT2D eigenvalue weighted by molar-refractivity contribution is -0.117. The van der Waals surface area contributed by atoms with Crippen LogP contribution in [0.15, 0.2) is 54.1 Å². The van der Waals surface area contributed by atoms with Crippen molar-refractivity contribution in [3.05, 3.63) is 76.5 Å². The van der Waals surface area contributed by atoms with Gasteiger partial charge < -0.3 is 9.88 Å². The Morgan fingerprint density at radius 1 is 1.14 bits per heavy atom. The van der Waals surface area contributed by atoms with E-state index in [1.807, 2.05) is 69.3 Å². The average Bonchev–Trinajstić information content (AvgIpc) is 2.97. The number of benzene rings is 2. The van der Waals surface area contributed by atoms with Crippen molar-refractivity contribution in [3.63, 3.8) is 0 Å². The Balaban J connectivity index is 2.15. The minimum absolute atomic E-state index is 0.0517. The smallest absolute Gasteiger partial charge is 0.262 e. The number of para-hydroxylation sites is 1. The van der Waals surface area contributed by atoms with Crippen molar-refractivity contribution in [1.29, 1.82) is 10.5 Å². The molecule has 0 aliphatic rings. The molecule has 144 valence electrons. The van der Waals surface area contributed by atoms with Crippen LogP contribution in [0.1, 0.15) is 36.2 Å². The fourth-order valence-corrected chi connectivity index (χ4v) is 3.41. The van der Waals surface area contributed by atoms with E-state index in [0.29, 0.717) is 12.1 Å². The van der Waals surface area contributed by atoms with Gasteiger partial charge in [0.05, 0.1) is 11.6 Å². The van der Waals surface area contributed by atoms with Crippen LogP contribution >= 0.6 is 0 Å². The second kappa shape index (κ2) is 8.46. The van der Waals surface area contributed by atoms with E-state index in [1.165, 1.54) is 0 Å². The highest BCUT2D eigenvalue weighted by Crippen LogP contribution is 2.29. The van der Waals surface area contributed by atoms with E-state index in [4.69, 9.17) is 0 Å². The molecule has 29 heavy (non-hydrogen) atoms. The van der Waals surface area contributed by atoms with E-state index in [2.05, 4.69) is 16.0 Å². The number of hydrogen-bond donors (Lipinski definition) is 1. The van der Waals surface area contributed by atoms with Crippen molar-refractivity contribution in [1.82, 2.24) is 9.88 Å². The van der Waals surface area contributed by atoms with Crippen LogP contribution in [0.25, 0.3) is 17.0 Å². The number of nitriles is 2. The topological polar surface area (TPSA) is 81.6 Å². The summed E-state index contributed by atoms with van der Waals surface area (Å²) in [7, 11) is 0. The number of nitrogens with zero attached hydrogens (tertiary/aromatic N) is 3. The molecule has 2 aromatic carbocycles. The van der Waals surface area contributed by atoms with Gasteiger partial charge in [-0.3, -0.25) is 4.79 Å². The van der Waals surface area contributed by atoms with Gasteiger partial charge >= 0.3 is 0 Å². The van der Waals surface area contributed by atoms with Gasteiger partial charge in [-0.2, -0.15) is 10.5 Å². The Bertz CT molecular complexity index is 1190. The summed E-state index contributed by atoms with van der Waals surface area (Å²) >= 11 is 0. The normalized spacial score (nSPS) is 11.3. The summed E-state index contributed by atoms with van der Waals surface area (Å²) in [5, 5.41) is 22.7. The Morgan fingerprint density at radius 2 is 1.83 bits per heavy atom. The number of hydrogen-bond acceptors (Lipinski definition) is 3. The number of carbonyl (C=O) groups excluding carboxylic acids is 1. The minimum atomic E-state index is -0.381. The van der Waals surface area contributed by atoms with E-state index < -0.39 is 0 Å². The van der Waals surface area contributed by atoms with E-state index >= 15 is 0 Å². The standard InChI is InChI=1S/C24H22N4O/c1-16(2)27-24(29)20(14-26)12-22-17(3)28(23-11-7-6-10-21(22)23)15-19-9-5-4-8-18(19)13-25/h4-12,16H,15H2,1-3H3,(H,27,29)/b20-12-. The first kappa shape index (κ1) is 19.9. The Kier molecular flexibility index (Phi) is 5.81. The van der Waals surface area contributed by atoms with Gasteiger partial charge in [-0.15, -0.1) is 0 Å². The zero-order valence-electron chi connectivity index (χ0n) is 16.7. The highest BCUT2D eigenvalue weighted by atomic mass is 16.1. The molecule has 1 heterocycles. The summed E-state index contributed by atoms with van der Waals surface area (Å²) in [6.45, 7) is 6.22. The molecule has 1 N–H and O–H groups in total. The molecule has 0 atom stereocenters. The fraction of sp³-hybridized carbons (Fsp3) is 0.208. The molecule has 5 nitrogen and oxygen atoms in total. The van der Waals surface area contributed by atoms with Crippen molar-refractivity contribution < 1.29 is 4.79 Å². The van der Waals surface area contributed by atoms with Gasteiger partial charge in [-0.25, -0.2) is 0 Å². The minimum Gasteiger partial charge on any atom is -0.349 e. The maximum absolute atomic E-state index is 12.4. The van der Waals surface area contributed by atoms with E-state index in [1.54, 1.807) is 12.1 Å². The lowest BCUT2D eigenvalue weighted by atomic mass is 10.1. The van der Waals surface area contributed by atoms with Crippen molar-refractivity contribution in [2.45, 2.75) is 33.4 Å². The Hall–Kier alpha value is -3.83. The van der Waals surface area contributed by atoms with Gasteiger partial charge in [0.1, 0.15) is 11.6 Å². The second-order valence-electron chi connectivity index (χ2n) is 7.17. The first-order valence-corrected chi connectivity index (χ1v) is 9.44. The van der Waals surface area contributed by atoms with Crippen LogP contribution in [0.5, 0.6) is 0 Å². The molecule has 1 amide bonds. The molecule has 0 bridgehead atoms. The number of aromatic nitrogens is 1. The SMILES string of the molecule is Cc1c(/C=C(/C#N)C(=O)NC(C)C)c2ccccc2n1Cc1ccccc1C#N. The van der Waals surface area contributed by atoms with Crippen LogP contribution in [0.2, 0.25) is 0 Å². The summed E-state index contributed by atoms with van der Waals surface area (Å²) in [4.78, 5) is 12.4. The number of fused-ring (bicyclic) bond motifs is 1. The lowest BCUT2D eigenvalue weighted by Crippen LogP contribution is -2.30. The molecule has 0 saturated heterocycles. The van der Waals surface area contributed by atoms with E-state index in [0.717, 1.165) is 27.7 Å². The number of nitrogens with one attached hydrogen (secondary N) is 1. The van der Waals surface area contributed by atoms with Gasteiger partial charge in [0.15, 0.2) is 0 Å². The molecule has 0 fully saturated rings. The molecule has 0 saturated carbocycles. The summed E-state index contributed by atoms with van der Waals surface area (Å²) in [6.07, 6.45) is 1.65. The van der Waals surface area contributed by atoms with Gasteiger partial charge in [-0.05, 0) is 44.5 Å². The summed E-state index contributed by atoms with van der Waals surface area (Å²) in [5.74, 6) is -0.381. The van der Waals surface area contributed by atoms with Gasteiger partial charge in [0, 0.05) is 34.7 Å². The van der Waals surface area contributed by atoms with Gasteiger partial charge in [0.25, 0.3) is 5.91 Å². The van der Waals surface area contributed by atoms with Crippen LogP contribution in [0, 0.1) is 29.6 Å². The molecule has 5 heteroatoms. The summed E-state index contributed by atoms with van der Waals surface area (Å²) < 4.78 is 2.12. The van der Waals surface area contributed by atoms with Crippen LogP contribution in [-0.2, 0) is 11.3 Å². The molecule has 3 aromatic rings. The summed E-state index contributed by atoms with van der Waals surface area (Å²) in [6, 6.07) is 19.6. The third-order valence-electron chi connectivity index (χ3n) is 4.82. The maximum Gasteiger partial charge on any atom is 0.262 e. The average molecular weight is 382 g/mol. The zero-order chi connectivity index (χ0) is 21.0.